The molecule has 0 saturated heterocycles. The molecule has 33 heavy (non-hydrogen) atoms. The van der Waals surface area contributed by atoms with E-state index in [9.17, 15) is 4.79 Å². The molecule has 7 heteroatoms. The second-order valence-corrected chi connectivity index (χ2v) is 8.30. The van der Waals surface area contributed by atoms with Crippen LogP contribution in [0.4, 0.5) is 11.4 Å². The zero-order valence-electron chi connectivity index (χ0n) is 18.4. The predicted octanol–water partition coefficient (Wildman–Crippen LogP) is 5.20. The highest BCUT2D eigenvalue weighted by Crippen LogP contribution is 2.36. The summed E-state index contributed by atoms with van der Waals surface area (Å²) in [6.07, 6.45) is 3.60. The van der Waals surface area contributed by atoms with Gasteiger partial charge in [0.05, 0.1) is 24.6 Å². The van der Waals surface area contributed by atoms with Crippen LogP contribution in [0.1, 0.15) is 18.2 Å². The van der Waals surface area contributed by atoms with E-state index in [1.54, 1.807) is 12.4 Å². The molecule has 1 aliphatic heterocycles. The molecule has 0 radical (unpaired) electrons. The van der Waals surface area contributed by atoms with Crippen molar-refractivity contribution in [1.29, 1.82) is 0 Å². The lowest BCUT2D eigenvalue weighted by atomic mass is 10.1. The van der Waals surface area contributed by atoms with Crippen LogP contribution in [0.5, 0.6) is 11.5 Å². The molecule has 4 aromatic rings. The number of hydrogen-bond acceptors (Lipinski definition) is 4. The first kappa shape index (κ1) is 20.7. The van der Waals surface area contributed by atoms with E-state index < -0.39 is 0 Å². The predicted molar refractivity (Wildman–Crippen MR) is 128 cm³/mol. The number of amides is 1. The maximum atomic E-state index is 13.1. The summed E-state index contributed by atoms with van der Waals surface area (Å²) in [4.78, 5) is 23.0. The van der Waals surface area contributed by atoms with Gasteiger partial charge in [-0.05, 0) is 49.2 Å². The fourth-order valence-corrected chi connectivity index (χ4v) is 4.03. The van der Waals surface area contributed by atoms with Gasteiger partial charge in [-0.3, -0.25) is 9.69 Å². The van der Waals surface area contributed by atoms with Crippen LogP contribution >= 0.6 is 0 Å². The first-order valence-electron chi connectivity index (χ1n) is 10.7. The van der Waals surface area contributed by atoms with Gasteiger partial charge in [0.15, 0.2) is 0 Å². The van der Waals surface area contributed by atoms with E-state index in [-0.39, 0.29) is 11.9 Å². The lowest BCUT2D eigenvalue weighted by molar-refractivity contribution is -0.120. The molecule has 1 amide bonds. The molecule has 0 saturated carbocycles. The summed E-state index contributed by atoms with van der Waals surface area (Å²) in [6, 6.07) is 16.8. The minimum absolute atomic E-state index is 0.0880. The van der Waals surface area contributed by atoms with Crippen molar-refractivity contribution in [3.05, 3.63) is 89.8 Å². The van der Waals surface area contributed by atoms with Crippen molar-refractivity contribution in [2.45, 2.75) is 26.1 Å². The summed E-state index contributed by atoms with van der Waals surface area (Å²) in [5.41, 5.74) is 3.16. The summed E-state index contributed by atoms with van der Waals surface area (Å²) in [5.74, 6) is 1.02. The normalized spacial score (nSPS) is 16.6. The highest BCUT2D eigenvalue weighted by Gasteiger charge is 2.21. The van der Waals surface area contributed by atoms with Gasteiger partial charge in [0.2, 0.25) is 11.6 Å². The maximum absolute atomic E-state index is 13.1. The number of likely N-dealkylation sites (N-methyl/N-ethyl adjacent to an activating group) is 1. The van der Waals surface area contributed by atoms with Gasteiger partial charge >= 0.3 is 0 Å². The quantitative estimate of drug-likeness (QED) is 0.384. The van der Waals surface area contributed by atoms with Crippen molar-refractivity contribution in [1.82, 2.24) is 14.5 Å². The number of hydrogen-bond donors (Lipinski definition) is 1. The molecule has 3 aromatic carbocycles. The lowest BCUT2D eigenvalue weighted by Gasteiger charge is -2.25. The molecule has 0 fully saturated rings. The third-order valence-electron chi connectivity index (χ3n) is 6.09. The monoisotopic (exact) mass is 437 g/mol. The molecule has 4 bridgehead atoms. The summed E-state index contributed by atoms with van der Waals surface area (Å²) < 4.78 is 8.22. The molecule has 5 rings (SSSR count). The van der Waals surface area contributed by atoms with Crippen LogP contribution in [0.25, 0.3) is 15.6 Å². The average Bonchev–Trinajstić information content (AvgIpc) is 3.24. The molecule has 0 aliphatic carbocycles. The van der Waals surface area contributed by atoms with Gasteiger partial charge < -0.3 is 14.6 Å². The number of ether oxygens (including phenoxy) is 1. The molecule has 1 atom stereocenters. The Balaban J connectivity index is 1.65. The number of fused-ring (bicyclic) bond motifs is 4. The molecule has 1 aromatic heterocycles. The Morgan fingerprint density at radius 1 is 1.15 bits per heavy atom. The van der Waals surface area contributed by atoms with Crippen molar-refractivity contribution in [3.8, 4) is 11.5 Å². The van der Waals surface area contributed by atoms with Gasteiger partial charge in [-0.25, -0.2) is 9.83 Å². The third-order valence-corrected chi connectivity index (χ3v) is 6.09. The molecule has 0 spiro atoms. The smallest absolute Gasteiger partial charge is 0.241 e. The number of rotatable bonds is 0. The minimum atomic E-state index is -0.347. The van der Waals surface area contributed by atoms with E-state index in [1.165, 1.54) is 0 Å². The molecule has 7 nitrogen and oxygen atoms in total. The van der Waals surface area contributed by atoms with E-state index in [0.29, 0.717) is 30.3 Å². The standard InChI is InChI=1S/C26H23N5O2/c1-17-26(32)29-23-6-4-5-19-8-9-21(12-22(19)23)33-25-11-18(7-10-24(25)27-2)14-31-16-28-13-20(31)15-30(17)3/h4-13,16-17H,14-15H2,1,3H3,(H,29,32). The van der Waals surface area contributed by atoms with Crippen molar-refractivity contribution in [2.24, 2.45) is 0 Å². The van der Waals surface area contributed by atoms with Gasteiger partial charge in [0.25, 0.3) is 0 Å². The Morgan fingerprint density at radius 3 is 2.88 bits per heavy atom. The number of aromatic nitrogens is 2. The van der Waals surface area contributed by atoms with E-state index in [4.69, 9.17) is 11.3 Å². The third kappa shape index (κ3) is 4.04. The Bertz CT molecular complexity index is 1400. The summed E-state index contributed by atoms with van der Waals surface area (Å²) in [7, 11) is 1.93. The number of benzene rings is 3. The molecule has 1 N–H and O–H groups in total. The highest BCUT2D eigenvalue weighted by atomic mass is 16.5. The lowest BCUT2D eigenvalue weighted by Crippen LogP contribution is -2.39. The summed E-state index contributed by atoms with van der Waals surface area (Å²) in [6.45, 7) is 10.6. The molecule has 1 unspecified atom stereocenters. The van der Waals surface area contributed by atoms with Crippen molar-refractivity contribution >= 4 is 28.1 Å². The first-order chi connectivity index (χ1) is 16.0. The van der Waals surface area contributed by atoms with Crippen molar-refractivity contribution in [3.63, 3.8) is 0 Å². The highest BCUT2D eigenvalue weighted by molar-refractivity contribution is 6.04. The molecule has 2 heterocycles. The molecule has 1 aliphatic rings. The van der Waals surface area contributed by atoms with Crippen LogP contribution in [0.15, 0.2) is 67.1 Å². The summed E-state index contributed by atoms with van der Waals surface area (Å²) >= 11 is 0. The second-order valence-electron chi connectivity index (χ2n) is 8.30. The first-order valence-corrected chi connectivity index (χ1v) is 10.7. The van der Waals surface area contributed by atoms with Crippen LogP contribution in [0, 0.1) is 6.57 Å². The topological polar surface area (TPSA) is 63.8 Å². The van der Waals surface area contributed by atoms with Crippen LogP contribution < -0.4 is 10.1 Å². The molecular formula is C26H23N5O2. The van der Waals surface area contributed by atoms with Gasteiger partial charge in [-0.15, -0.1) is 0 Å². The maximum Gasteiger partial charge on any atom is 0.241 e. The van der Waals surface area contributed by atoms with E-state index >= 15 is 0 Å². The SMILES string of the molecule is [C-]#[N+]c1ccc2cc1Oc1ccc3cccc(c3c1)NC(=O)C(C)N(C)Cc1cncn1C2. The van der Waals surface area contributed by atoms with E-state index in [2.05, 4.69) is 15.1 Å². The largest absolute Gasteiger partial charge is 0.468 e. The van der Waals surface area contributed by atoms with Crippen LogP contribution in [0.3, 0.4) is 0 Å². The number of anilines is 1. The summed E-state index contributed by atoms with van der Waals surface area (Å²) in [5, 5.41) is 4.95. The van der Waals surface area contributed by atoms with Crippen LogP contribution in [-0.4, -0.2) is 33.4 Å². The Kier molecular flexibility index (Phi) is 5.29. The second kappa shape index (κ2) is 8.41. The fourth-order valence-electron chi connectivity index (χ4n) is 4.03. The minimum Gasteiger partial charge on any atom is -0.468 e. The van der Waals surface area contributed by atoms with Crippen molar-refractivity contribution in [2.75, 3.05) is 12.4 Å². The average molecular weight is 438 g/mol. The molecule has 164 valence electrons. The number of nitrogens with one attached hydrogen (secondary N) is 1. The zero-order chi connectivity index (χ0) is 22.9. The van der Waals surface area contributed by atoms with Crippen LogP contribution in [0.2, 0.25) is 0 Å². The Morgan fingerprint density at radius 2 is 2.03 bits per heavy atom. The number of carbonyl (C=O) groups is 1. The Labute approximate surface area is 192 Å². The van der Waals surface area contributed by atoms with E-state index in [0.717, 1.165) is 27.7 Å². The van der Waals surface area contributed by atoms with Crippen LogP contribution in [-0.2, 0) is 17.9 Å². The van der Waals surface area contributed by atoms with Gasteiger partial charge in [0.1, 0.15) is 11.5 Å². The Hall–Kier alpha value is -4.15. The zero-order valence-corrected chi connectivity index (χ0v) is 18.4. The number of nitrogens with zero attached hydrogens (tertiary/aromatic N) is 4. The number of imidazole rings is 1. The van der Waals surface area contributed by atoms with Gasteiger partial charge in [-0.2, -0.15) is 0 Å². The molecular weight excluding hydrogens is 414 g/mol. The fraction of sp³-hybridized carbons (Fsp3) is 0.192. The van der Waals surface area contributed by atoms with E-state index in [1.807, 2.05) is 78.2 Å². The number of carbonyl (C=O) groups excluding carboxylic acids is 1. The van der Waals surface area contributed by atoms with Gasteiger partial charge in [0, 0.05) is 30.4 Å². The van der Waals surface area contributed by atoms with Gasteiger partial charge in [-0.1, -0.05) is 30.3 Å². The van der Waals surface area contributed by atoms with Crippen molar-refractivity contribution < 1.29 is 9.53 Å².